The number of fused-ring (bicyclic) bond motifs is 2. The van der Waals surface area contributed by atoms with E-state index >= 15 is 0 Å². The van der Waals surface area contributed by atoms with Gasteiger partial charge >= 0.3 is 0 Å². The average Bonchev–Trinajstić information content (AvgIpc) is 2.98. The van der Waals surface area contributed by atoms with Crippen molar-refractivity contribution >= 4 is 22.3 Å². The summed E-state index contributed by atoms with van der Waals surface area (Å²) in [6.45, 7) is 0. The van der Waals surface area contributed by atoms with Gasteiger partial charge in [0.25, 0.3) is 16.8 Å². The second-order valence-corrected chi connectivity index (χ2v) is 5.97. The quantitative estimate of drug-likeness (QED) is 0.540. The summed E-state index contributed by atoms with van der Waals surface area (Å²) in [5.41, 5.74) is 5.35. The van der Waals surface area contributed by atoms with E-state index in [4.69, 9.17) is 5.73 Å². The summed E-state index contributed by atoms with van der Waals surface area (Å²) >= 11 is 0. The summed E-state index contributed by atoms with van der Waals surface area (Å²) in [4.78, 5) is 36.2. The maximum absolute atomic E-state index is 13.0. The van der Waals surface area contributed by atoms with Crippen molar-refractivity contribution in [2.75, 3.05) is 0 Å². The molecule has 0 radical (unpaired) electrons. The first-order chi connectivity index (χ1) is 13.0. The van der Waals surface area contributed by atoms with Gasteiger partial charge in [0.1, 0.15) is 23.5 Å². The summed E-state index contributed by atoms with van der Waals surface area (Å²) in [6.07, 6.45) is 0. The molecule has 0 amide bonds. The molecule has 0 saturated carbocycles. The van der Waals surface area contributed by atoms with E-state index in [9.17, 15) is 25.0 Å². The molecule has 0 spiro atoms. The van der Waals surface area contributed by atoms with E-state index in [1.807, 2.05) is 6.07 Å². The molecule has 9 heteroatoms. The van der Waals surface area contributed by atoms with Gasteiger partial charge in [-0.15, -0.1) is 0 Å². The molecular formula is C18H11N5O4. The fourth-order valence-corrected chi connectivity index (χ4v) is 3.32. The number of hydrogen-bond donors (Lipinski definition) is 1. The van der Waals surface area contributed by atoms with E-state index in [0.717, 1.165) is 9.36 Å². The van der Waals surface area contributed by atoms with Gasteiger partial charge in [-0.1, -0.05) is 12.1 Å². The third-order valence-electron chi connectivity index (χ3n) is 4.57. The van der Waals surface area contributed by atoms with E-state index in [0.29, 0.717) is 5.56 Å². The van der Waals surface area contributed by atoms with Crippen molar-refractivity contribution in [3.63, 3.8) is 0 Å². The van der Waals surface area contributed by atoms with Crippen LogP contribution in [0.1, 0.15) is 11.6 Å². The largest absolute Gasteiger partial charge is 0.383 e. The molecule has 0 bridgehead atoms. The summed E-state index contributed by atoms with van der Waals surface area (Å²) in [6, 6.07) is 12.8. The number of non-ortho nitro benzene ring substituents is 1. The fraction of sp³-hybridized carbons (Fsp3) is 0.0556. The number of nitrogens with two attached hydrogens (primary N) is 1. The Morgan fingerprint density at radius 2 is 1.63 bits per heavy atom. The van der Waals surface area contributed by atoms with Gasteiger partial charge in [0, 0.05) is 12.1 Å². The summed E-state index contributed by atoms with van der Waals surface area (Å²) in [5, 5.41) is 20.9. The van der Waals surface area contributed by atoms with Crippen LogP contribution in [-0.4, -0.2) is 14.3 Å². The van der Waals surface area contributed by atoms with Crippen molar-refractivity contribution in [1.29, 1.82) is 5.26 Å². The topological polar surface area (TPSA) is 137 Å². The number of aromatic nitrogens is 2. The minimum atomic E-state index is -0.944. The highest BCUT2D eigenvalue weighted by Gasteiger charge is 2.34. The predicted octanol–water partition coefficient (Wildman–Crippen LogP) is 1.33. The third-order valence-corrected chi connectivity index (χ3v) is 4.57. The lowest BCUT2D eigenvalue weighted by molar-refractivity contribution is -0.384. The van der Waals surface area contributed by atoms with Crippen molar-refractivity contribution < 1.29 is 4.92 Å². The van der Waals surface area contributed by atoms with Crippen molar-refractivity contribution in [2.45, 2.75) is 6.04 Å². The number of nitriles is 1. The maximum atomic E-state index is 13.0. The molecule has 2 N–H and O–H groups in total. The number of nitro groups is 1. The molecular weight excluding hydrogens is 350 g/mol. The van der Waals surface area contributed by atoms with Crippen molar-refractivity contribution in [2.24, 2.45) is 5.73 Å². The molecule has 2 heterocycles. The zero-order chi connectivity index (χ0) is 19.3. The molecule has 0 saturated heterocycles. The summed E-state index contributed by atoms with van der Waals surface area (Å²) in [7, 11) is 0. The van der Waals surface area contributed by atoms with Crippen molar-refractivity contribution in [1.82, 2.24) is 9.36 Å². The van der Waals surface area contributed by atoms with Crippen molar-refractivity contribution in [3.05, 3.63) is 90.5 Å². The van der Waals surface area contributed by atoms with E-state index in [2.05, 4.69) is 0 Å². The average molecular weight is 361 g/mol. The lowest BCUT2D eigenvalue weighted by Gasteiger charge is -2.16. The first-order valence-corrected chi connectivity index (χ1v) is 7.86. The molecule has 1 aliphatic heterocycles. The van der Waals surface area contributed by atoms with Crippen LogP contribution < -0.4 is 16.9 Å². The number of hydrogen-bond acceptors (Lipinski definition) is 6. The third kappa shape index (κ3) is 2.17. The molecule has 1 aliphatic rings. The van der Waals surface area contributed by atoms with Crippen LogP contribution >= 0.6 is 0 Å². The second-order valence-electron chi connectivity index (χ2n) is 5.97. The standard InChI is InChI=1S/C18H11N5O4/c19-9-14-15(10-5-7-11(8-6-10)23(26)27)21-17(24)12-3-1-2-4-13(12)18(25)22(21)16(14)20/h1-8,15H,20H2. The normalized spacial score (nSPS) is 15.6. The first-order valence-electron chi connectivity index (χ1n) is 7.86. The van der Waals surface area contributed by atoms with Crippen LogP contribution in [0.5, 0.6) is 0 Å². The van der Waals surface area contributed by atoms with Gasteiger partial charge in [-0.2, -0.15) is 9.94 Å². The Morgan fingerprint density at radius 3 is 2.19 bits per heavy atom. The number of nitrogens with zero attached hydrogens (tertiary/aromatic N) is 4. The molecule has 1 aromatic heterocycles. The Hall–Kier alpha value is -4.19. The molecule has 1 atom stereocenters. The van der Waals surface area contributed by atoms with Crippen LogP contribution in [0.3, 0.4) is 0 Å². The summed E-state index contributed by atoms with van der Waals surface area (Å²) in [5.74, 6) is -0.131. The van der Waals surface area contributed by atoms with Gasteiger partial charge in [-0.3, -0.25) is 19.7 Å². The minimum Gasteiger partial charge on any atom is -0.383 e. The molecule has 0 aliphatic carbocycles. The molecule has 132 valence electrons. The van der Waals surface area contributed by atoms with Gasteiger partial charge in [0.2, 0.25) is 0 Å². The molecule has 1 unspecified atom stereocenters. The number of rotatable bonds is 2. The van der Waals surface area contributed by atoms with Gasteiger partial charge in [0.15, 0.2) is 0 Å². The Morgan fingerprint density at radius 1 is 1.04 bits per heavy atom. The number of nitro benzene ring substituents is 1. The molecule has 4 rings (SSSR count). The molecule has 0 fully saturated rings. The highest BCUT2D eigenvalue weighted by Crippen LogP contribution is 2.33. The molecule has 2 aromatic carbocycles. The van der Waals surface area contributed by atoms with Crippen LogP contribution in [-0.2, 0) is 0 Å². The molecule has 27 heavy (non-hydrogen) atoms. The fourth-order valence-electron chi connectivity index (χ4n) is 3.32. The number of benzene rings is 2. The Kier molecular flexibility index (Phi) is 3.42. The Balaban J connectivity index is 2.07. The lowest BCUT2D eigenvalue weighted by atomic mass is 10.00. The van der Waals surface area contributed by atoms with Gasteiger partial charge < -0.3 is 5.73 Å². The highest BCUT2D eigenvalue weighted by molar-refractivity contribution is 5.81. The van der Waals surface area contributed by atoms with E-state index in [1.165, 1.54) is 36.4 Å². The van der Waals surface area contributed by atoms with Gasteiger partial charge in [-0.25, -0.2) is 4.68 Å². The second kappa shape index (κ2) is 5.67. The van der Waals surface area contributed by atoms with Crippen LogP contribution in [0.4, 0.5) is 5.69 Å². The van der Waals surface area contributed by atoms with Gasteiger partial charge in [0.05, 0.1) is 15.7 Å². The smallest absolute Gasteiger partial charge is 0.279 e. The minimum absolute atomic E-state index is 0.0263. The van der Waals surface area contributed by atoms with Crippen molar-refractivity contribution in [3.8, 4) is 6.07 Å². The number of allylic oxidation sites excluding steroid dienone is 1. The monoisotopic (exact) mass is 361 g/mol. The van der Waals surface area contributed by atoms with E-state index < -0.39 is 22.1 Å². The summed E-state index contributed by atoms with van der Waals surface area (Å²) < 4.78 is 2.12. The molecule has 9 nitrogen and oxygen atoms in total. The zero-order valence-electron chi connectivity index (χ0n) is 13.7. The van der Waals surface area contributed by atoms with Crippen LogP contribution in [0.15, 0.2) is 63.7 Å². The van der Waals surface area contributed by atoms with E-state index in [-0.39, 0.29) is 27.9 Å². The van der Waals surface area contributed by atoms with E-state index in [1.54, 1.807) is 12.1 Å². The van der Waals surface area contributed by atoms with Crippen LogP contribution in [0, 0.1) is 21.4 Å². The highest BCUT2D eigenvalue weighted by atomic mass is 16.6. The predicted molar refractivity (Wildman–Crippen MR) is 96.7 cm³/mol. The van der Waals surface area contributed by atoms with Gasteiger partial charge in [-0.05, 0) is 29.8 Å². The lowest BCUT2D eigenvalue weighted by Crippen LogP contribution is -2.38. The Bertz CT molecular complexity index is 1310. The first kappa shape index (κ1) is 16.3. The SMILES string of the molecule is N#CC1=C(N)n2c(=O)c3ccccc3c(=O)n2C1c1ccc([N+](=O)[O-])cc1. The van der Waals surface area contributed by atoms with Crippen LogP contribution in [0.2, 0.25) is 0 Å². The Labute approximate surface area is 150 Å². The molecule has 3 aromatic rings. The van der Waals surface area contributed by atoms with Crippen LogP contribution in [0.25, 0.3) is 16.6 Å². The zero-order valence-corrected chi connectivity index (χ0v) is 13.7. The maximum Gasteiger partial charge on any atom is 0.279 e.